The van der Waals surface area contributed by atoms with Crippen LogP contribution in [0.15, 0.2) is 39.5 Å². The third-order valence-corrected chi connectivity index (χ3v) is 3.87. The van der Waals surface area contributed by atoms with E-state index in [0.717, 1.165) is 26.6 Å². The number of nitrogens with two attached hydrogens (primary N) is 1. The van der Waals surface area contributed by atoms with Gasteiger partial charge in [0.1, 0.15) is 5.82 Å². The largest absolute Gasteiger partial charge is 0.384 e. The van der Waals surface area contributed by atoms with Crippen molar-refractivity contribution < 1.29 is 0 Å². The van der Waals surface area contributed by atoms with Gasteiger partial charge >= 0.3 is 0 Å². The second kappa shape index (κ2) is 6.45. The fourth-order valence-corrected chi connectivity index (χ4v) is 3.14. The molecule has 0 saturated heterocycles. The Balaban J connectivity index is 2.25. The highest BCUT2D eigenvalue weighted by molar-refractivity contribution is 9.11. The van der Waals surface area contributed by atoms with Crippen molar-refractivity contribution in [2.45, 2.75) is 12.5 Å². The normalized spacial score (nSPS) is 12.4. The molecule has 0 aliphatic rings. The summed E-state index contributed by atoms with van der Waals surface area (Å²) in [5, 5.41) is 3.28. The summed E-state index contributed by atoms with van der Waals surface area (Å²) < 4.78 is 1.93. The van der Waals surface area contributed by atoms with Gasteiger partial charge in [-0.05, 0) is 69.1 Å². The molecule has 0 amide bonds. The lowest BCUT2D eigenvalue weighted by molar-refractivity contribution is 0.573. The Morgan fingerprint density at radius 1 is 1.32 bits per heavy atom. The number of nitrogen functional groups attached to an aromatic ring is 1. The van der Waals surface area contributed by atoms with Crippen LogP contribution in [-0.4, -0.2) is 17.0 Å². The number of rotatable bonds is 4. The summed E-state index contributed by atoms with van der Waals surface area (Å²) >= 11 is 6.95. The van der Waals surface area contributed by atoms with Gasteiger partial charge in [0, 0.05) is 21.3 Å². The molecule has 0 fully saturated rings. The average Bonchev–Trinajstić information content (AvgIpc) is 2.37. The Bertz CT molecular complexity index is 574. The van der Waals surface area contributed by atoms with E-state index < -0.39 is 0 Å². The van der Waals surface area contributed by atoms with E-state index in [0.29, 0.717) is 5.82 Å². The molecule has 2 aromatic heterocycles. The van der Waals surface area contributed by atoms with E-state index in [4.69, 9.17) is 5.73 Å². The van der Waals surface area contributed by atoms with Crippen molar-refractivity contribution in [3.63, 3.8) is 0 Å². The molecule has 0 aliphatic carbocycles. The number of pyridine rings is 2. The van der Waals surface area contributed by atoms with Crippen LogP contribution in [0.2, 0.25) is 0 Å². The minimum absolute atomic E-state index is 0.115. The molecule has 1 atom stereocenters. The molecule has 0 aromatic carbocycles. The van der Waals surface area contributed by atoms with E-state index in [2.05, 4.69) is 47.1 Å². The Morgan fingerprint density at radius 3 is 2.74 bits per heavy atom. The van der Waals surface area contributed by atoms with Crippen LogP contribution in [0.3, 0.4) is 0 Å². The van der Waals surface area contributed by atoms with Gasteiger partial charge in [0.05, 0.1) is 11.7 Å². The number of aromatic nitrogens is 2. The van der Waals surface area contributed by atoms with E-state index in [1.165, 1.54) is 0 Å². The van der Waals surface area contributed by atoms with Gasteiger partial charge in [0.15, 0.2) is 0 Å². The van der Waals surface area contributed by atoms with Crippen LogP contribution in [-0.2, 0) is 6.42 Å². The van der Waals surface area contributed by atoms with Crippen molar-refractivity contribution in [3.05, 3.63) is 50.8 Å². The maximum absolute atomic E-state index is 5.70. The molecule has 2 rings (SSSR count). The maximum atomic E-state index is 5.70. The zero-order chi connectivity index (χ0) is 13.8. The number of hydrogen-bond donors (Lipinski definition) is 2. The van der Waals surface area contributed by atoms with E-state index in [9.17, 15) is 0 Å². The summed E-state index contributed by atoms with van der Waals surface area (Å²) in [5.41, 5.74) is 7.80. The molecule has 2 aromatic rings. The number of halogens is 2. The lowest BCUT2D eigenvalue weighted by Crippen LogP contribution is -2.20. The summed E-state index contributed by atoms with van der Waals surface area (Å²) in [6.07, 6.45) is 4.32. The lowest BCUT2D eigenvalue weighted by atomic mass is 10.0. The van der Waals surface area contributed by atoms with Crippen molar-refractivity contribution in [2.24, 2.45) is 0 Å². The van der Waals surface area contributed by atoms with Crippen LogP contribution in [0.1, 0.15) is 17.3 Å². The molecule has 100 valence electrons. The molecule has 0 spiro atoms. The smallest absolute Gasteiger partial charge is 0.123 e. The van der Waals surface area contributed by atoms with E-state index in [-0.39, 0.29) is 6.04 Å². The quantitative estimate of drug-likeness (QED) is 0.848. The molecule has 0 saturated carbocycles. The maximum Gasteiger partial charge on any atom is 0.123 e. The molecule has 6 heteroatoms. The predicted octanol–water partition coefficient (Wildman–Crippen LogP) is 3.09. The minimum Gasteiger partial charge on any atom is -0.384 e. The van der Waals surface area contributed by atoms with Crippen LogP contribution in [0, 0.1) is 0 Å². The van der Waals surface area contributed by atoms with Crippen LogP contribution in [0.4, 0.5) is 5.82 Å². The van der Waals surface area contributed by atoms with Gasteiger partial charge in [-0.25, -0.2) is 4.98 Å². The fraction of sp³-hybridized carbons (Fsp3) is 0.231. The first-order chi connectivity index (χ1) is 9.10. The summed E-state index contributed by atoms with van der Waals surface area (Å²) in [4.78, 5) is 8.47. The number of hydrogen-bond acceptors (Lipinski definition) is 4. The predicted molar refractivity (Wildman–Crippen MR) is 83.8 cm³/mol. The van der Waals surface area contributed by atoms with Crippen molar-refractivity contribution in [1.29, 1.82) is 0 Å². The Morgan fingerprint density at radius 2 is 2.11 bits per heavy atom. The van der Waals surface area contributed by atoms with Gasteiger partial charge < -0.3 is 11.1 Å². The number of anilines is 1. The van der Waals surface area contributed by atoms with Gasteiger partial charge in [0.2, 0.25) is 0 Å². The van der Waals surface area contributed by atoms with Crippen LogP contribution >= 0.6 is 31.9 Å². The molecule has 0 radical (unpaired) electrons. The monoisotopic (exact) mass is 384 g/mol. The van der Waals surface area contributed by atoms with Gasteiger partial charge in [-0.1, -0.05) is 0 Å². The highest BCUT2D eigenvalue weighted by Crippen LogP contribution is 2.26. The van der Waals surface area contributed by atoms with Crippen LogP contribution in [0.5, 0.6) is 0 Å². The zero-order valence-corrected chi connectivity index (χ0v) is 13.6. The van der Waals surface area contributed by atoms with Crippen molar-refractivity contribution in [3.8, 4) is 0 Å². The molecule has 3 N–H and O–H groups in total. The van der Waals surface area contributed by atoms with E-state index in [1.54, 1.807) is 12.4 Å². The molecule has 0 bridgehead atoms. The Hall–Kier alpha value is -0.980. The molecule has 0 aliphatic heterocycles. The van der Waals surface area contributed by atoms with Gasteiger partial charge in [0.25, 0.3) is 0 Å². The van der Waals surface area contributed by atoms with Gasteiger partial charge in [-0.15, -0.1) is 0 Å². The summed E-state index contributed by atoms with van der Waals surface area (Å²) in [6.45, 7) is 0. The molecule has 4 nitrogen and oxygen atoms in total. The fourth-order valence-electron chi connectivity index (χ4n) is 1.87. The highest BCUT2D eigenvalue weighted by atomic mass is 79.9. The Labute approximate surface area is 129 Å². The molecular weight excluding hydrogens is 372 g/mol. The number of likely N-dealkylation sites (N-methyl/N-ethyl adjacent to an activating group) is 1. The first-order valence-corrected chi connectivity index (χ1v) is 7.37. The molecule has 2 heterocycles. The van der Waals surface area contributed by atoms with Crippen LogP contribution in [0.25, 0.3) is 0 Å². The summed E-state index contributed by atoms with van der Waals surface area (Å²) in [5.74, 6) is 0.537. The molecule has 1 unspecified atom stereocenters. The van der Waals surface area contributed by atoms with Crippen molar-refractivity contribution in [1.82, 2.24) is 15.3 Å². The van der Waals surface area contributed by atoms with Crippen molar-refractivity contribution >= 4 is 37.7 Å². The standard InChI is InChI=1S/C13H14Br2N4/c1-17-11(4-8-2-3-18-12(16)5-8)13-10(15)6-9(14)7-19-13/h2-3,5-7,11,17H,4H2,1H3,(H2,16,18). The lowest BCUT2D eigenvalue weighted by Gasteiger charge is -2.17. The van der Waals surface area contributed by atoms with E-state index >= 15 is 0 Å². The second-order valence-corrected chi connectivity index (χ2v) is 5.92. The number of nitrogens with zero attached hydrogens (tertiary/aromatic N) is 2. The first-order valence-electron chi connectivity index (χ1n) is 5.78. The third kappa shape index (κ3) is 3.75. The zero-order valence-electron chi connectivity index (χ0n) is 10.4. The average molecular weight is 386 g/mol. The highest BCUT2D eigenvalue weighted by Gasteiger charge is 2.15. The minimum atomic E-state index is 0.115. The number of nitrogens with one attached hydrogen (secondary N) is 1. The summed E-state index contributed by atoms with van der Waals surface area (Å²) in [7, 11) is 1.92. The first kappa shape index (κ1) is 14.4. The van der Waals surface area contributed by atoms with Gasteiger partial charge in [-0.2, -0.15) is 0 Å². The van der Waals surface area contributed by atoms with Crippen molar-refractivity contribution in [2.75, 3.05) is 12.8 Å². The molecular formula is C13H14Br2N4. The van der Waals surface area contributed by atoms with Gasteiger partial charge in [-0.3, -0.25) is 4.98 Å². The summed E-state index contributed by atoms with van der Waals surface area (Å²) in [6, 6.07) is 5.96. The van der Waals surface area contributed by atoms with Crippen LogP contribution < -0.4 is 11.1 Å². The second-order valence-electron chi connectivity index (χ2n) is 4.15. The van der Waals surface area contributed by atoms with E-state index in [1.807, 2.05) is 25.2 Å². The third-order valence-electron chi connectivity index (χ3n) is 2.80. The topological polar surface area (TPSA) is 63.8 Å². The SMILES string of the molecule is CNC(Cc1ccnc(N)c1)c1ncc(Br)cc1Br. The Kier molecular flexibility index (Phi) is 4.90. The molecule has 19 heavy (non-hydrogen) atoms.